The van der Waals surface area contributed by atoms with Gasteiger partial charge in [-0.25, -0.2) is 10.2 Å². The molecule has 7 heteroatoms. The summed E-state index contributed by atoms with van der Waals surface area (Å²) in [6, 6.07) is 16.3. The number of carbonyl (C=O) groups is 2. The number of methoxy groups -OCH3 is 1. The molecule has 0 fully saturated rings. The predicted molar refractivity (Wildman–Crippen MR) is 102 cm³/mol. The average molecular weight is 362 g/mol. The van der Waals surface area contributed by atoms with Crippen molar-refractivity contribution in [2.24, 2.45) is 5.10 Å². The minimum atomic E-state index is -0.407. The lowest BCUT2D eigenvalue weighted by Crippen LogP contribution is -2.19. The molecule has 1 amide bonds. The van der Waals surface area contributed by atoms with E-state index < -0.39 is 5.97 Å². The van der Waals surface area contributed by atoms with Crippen molar-refractivity contribution >= 4 is 18.1 Å². The van der Waals surface area contributed by atoms with Crippen molar-refractivity contribution in [2.45, 2.75) is 6.92 Å². The maximum atomic E-state index is 12.3. The first-order valence-corrected chi connectivity index (χ1v) is 8.22. The van der Waals surface area contributed by atoms with Gasteiger partial charge in [0, 0.05) is 11.1 Å². The Kier molecular flexibility index (Phi) is 5.41. The first-order valence-electron chi connectivity index (χ1n) is 8.22. The molecule has 0 bridgehead atoms. The number of hydrogen-bond donors (Lipinski definition) is 2. The maximum Gasteiger partial charge on any atom is 0.337 e. The van der Waals surface area contributed by atoms with Crippen LogP contribution in [0.1, 0.15) is 32.0 Å². The van der Waals surface area contributed by atoms with Crippen LogP contribution in [0, 0.1) is 6.92 Å². The molecule has 27 heavy (non-hydrogen) atoms. The molecule has 0 aliphatic carbocycles. The van der Waals surface area contributed by atoms with Gasteiger partial charge in [-0.2, -0.15) is 10.2 Å². The molecule has 0 radical (unpaired) electrons. The molecular formula is C20H18N4O3. The van der Waals surface area contributed by atoms with Gasteiger partial charge in [-0.3, -0.25) is 9.89 Å². The highest BCUT2D eigenvalue weighted by Crippen LogP contribution is 2.22. The maximum absolute atomic E-state index is 12.3. The number of hydrogen-bond acceptors (Lipinski definition) is 5. The first kappa shape index (κ1) is 18.1. The third-order valence-corrected chi connectivity index (χ3v) is 4.00. The average Bonchev–Trinajstić information content (AvgIpc) is 3.10. The largest absolute Gasteiger partial charge is 0.465 e. The van der Waals surface area contributed by atoms with Gasteiger partial charge in [0.05, 0.1) is 24.6 Å². The van der Waals surface area contributed by atoms with Crippen LogP contribution in [0.15, 0.2) is 59.7 Å². The SMILES string of the molecule is COC(=O)c1ccc(C=NNC(=O)c2[nH]nc(-c3ccccc3)c2C)cc1. The van der Waals surface area contributed by atoms with Crippen LogP contribution in [-0.4, -0.2) is 35.4 Å². The number of aromatic amines is 1. The predicted octanol–water partition coefficient (Wildman–Crippen LogP) is 2.94. The van der Waals surface area contributed by atoms with E-state index in [-0.39, 0.29) is 5.91 Å². The molecule has 3 rings (SSSR count). The number of H-pyrrole nitrogens is 1. The molecule has 3 aromatic rings. The Hall–Kier alpha value is -3.74. The number of carbonyl (C=O) groups excluding carboxylic acids is 2. The van der Waals surface area contributed by atoms with Crippen molar-refractivity contribution in [3.05, 3.63) is 77.0 Å². The van der Waals surface area contributed by atoms with Crippen LogP contribution >= 0.6 is 0 Å². The van der Waals surface area contributed by atoms with Crippen molar-refractivity contribution in [3.8, 4) is 11.3 Å². The van der Waals surface area contributed by atoms with Gasteiger partial charge in [0.2, 0.25) is 0 Å². The van der Waals surface area contributed by atoms with E-state index in [9.17, 15) is 9.59 Å². The zero-order valence-electron chi connectivity index (χ0n) is 14.9. The lowest BCUT2D eigenvalue weighted by molar-refractivity contribution is 0.0600. The van der Waals surface area contributed by atoms with Crippen LogP contribution in [0.5, 0.6) is 0 Å². The van der Waals surface area contributed by atoms with E-state index in [1.54, 1.807) is 24.3 Å². The zero-order valence-corrected chi connectivity index (χ0v) is 14.9. The molecule has 0 aliphatic rings. The van der Waals surface area contributed by atoms with E-state index in [0.717, 1.165) is 22.4 Å². The fourth-order valence-electron chi connectivity index (χ4n) is 2.54. The van der Waals surface area contributed by atoms with Crippen molar-refractivity contribution in [1.82, 2.24) is 15.6 Å². The molecule has 0 atom stereocenters. The molecule has 0 spiro atoms. The normalized spacial score (nSPS) is 10.7. The van der Waals surface area contributed by atoms with E-state index in [1.165, 1.54) is 13.3 Å². The number of esters is 1. The summed E-state index contributed by atoms with van der Waals surface area (Å²) >= 11 is 0. The third kappa shape index (κ3) is 4.09. The summed E-state index contributed by atoms with van der Waals surface area (Å²) in [7, 11) is 1.33. The topological polar surface area (TPSA) is 96.4 Å². The highest BCUT2D eigenvalue weighted by atomic mass is 16.5. The Morgan fingerprint density at radius 3 is 2.48 bits per heavy atom. The van der Waals surface area contributed by atoms with Crippen LogP contribution in [0.3, 0.4) is 0 Å². The molecule has 2 aromatic carbocycles. The summed E-state index contributed by atoms with van der Waals surface area (Å²) in [4.78, 5) is 23.7. The zero-order chi connectivity index (χ0) is 19.2. The first-order chi connectivity index (χ1) is 13.1. The van der Waals surface area contributed by atoms with Gasteiger partial charge in [-0.15, -0.1) is 0 Å². The van der Waals surface area contributed by atoms with Gasteiger partial charge in [0.1, 0.15) is 5.69 Å². The van der Waals surface area contributed by atoms with Gasteiger partial charge in [0.25, 0.3) is 5.91 Å². The highest BCUT2D eigenvalue weighted by Gasteiger charge is 2.16. The molecule has 1 heterocycles. The van der Waals surface area contributed by atoms with Crippen LogP contribution in [0.4, 0.5) is 0 Å². The number of nitrogens with zero attached hydrogens (tertiary/aromatic N) is 2. The van der Waals surface area contributed by atoms with Crippen LogP contribution < -0.4 is 5.43 Å². The molecule has 0 unspecified atom stereocenters. The minimum absolute atomic E-state index is 0.354. The molecule has 136 valence electrons. The number of aromatic nitrogens is 2. The Bertz CT molecular complexity index is 976. The summed E-state index contributed by atoms with van der Waals surface area (Å²) in [5.41, 5.74) is 6.40. The molecule has 7 nitrogen and oxygen atoms in total. The number of benzene rings is 2. The summed E-state index contributed by atoms with van der Waals surface area (Å²) in [5, 5.41) is 10.9. The summed E-state index contributed by atoms with van der Waals surface area (Å²) in [6.45, 7) is 1.83. The van der Waals surface area contributed by atoms with Gasteiger partial charge >= 0.3 is 5.97 Å². The smallest absolute Gasteiger partial charge is 0.337 e. The van der Waals surface area contributed by atoms with Crippen molar-refractivity contribution in [3.63, 3.8) is 0 Å². The summed E-state index contributed by atoms with van der Waals surface area (Å²) in [5.74, 6) is -0.791. The standard InChI is InChI=1S/C20H18N4O3/c1-13-17(15-6-4-3-5-7-15)22-23-18(13)19(25)24-21-12-14-8-10-16(11-9-14)20(26)27-2/h3-12H,1-2H3,(H,22,23)(H,24,25). The minimum Gasteiger partial charge on any atom is -0.465 e. The lowest BCUT2D eigenvalue weighted by Gasteiger charge is -2.01. The van der Waals surface area contributed by atoms with Gasteiger partial charge < -0.3 is 4.74 Å². The second kappa shape index (κ2) is 8.09. The van der Waals surface area contributed by atoms with E-state index in [4.69, 9.17) is 0 Å². The summed E-state index contributed by atoms with van der Waals surface area (Å²) in [6.07, 6.45) is 1.49. The van der Waals surface area contributed by atoms with E-state index in [0.29, 0.717) is 11.3 Å². The van der Waals surface area contributed by atoms with Gasteiger partial charge in [-0.1, -0.05) is 42.5 Å². The van der Waals surface area contributed by atoms with Crippen LogP contribution in [0.25, 0.3) is 11.3 Å². The highest BCUT2D eigenvalue weighted by molar-refractivity contribution is 5.96. The van der Waals surface area contributed by atoms with Crippen molar-refractivity contribution in [1.29, 1.82) is 0 Å². The lowest BCUT2D eigenvalue weighted by atomic mass is 10.1. The second-order valence-electron chi connectivity index (χ2n) is 5.75. The Morgan fingerprint density at radius 2 is 1.81 bits per heavy atom. The fourth-order valence-corrected chi connectivity index (χ4v) is 2.54. The molecule has 0 saturated heterocycles. The Labute approximate surface area is 156 Å². The number of hydrazone groups is 1. The van der Waals surface area contributed by atoms with Gasteiger partial charge in [0.15, 0.2) is 0 Å². The van der Waals surface area contributed by atoms with E-state index in [1.807, 2.05) is 37.3 Å². The molecule has 0 saturated carbocycles. The number of amides is 1. The van der Waals surface area contributed by atoms with Crippen molar-refractivity contribution in [2.75, 3.05) is 7.11 Å². The number of ether oxygens (including phenoxy) is 1. The summed E-state index contributed by atoms with van der Waals surface area (Å²) < 4.78 is 4.64. The molecule has 2 N–H and O–H groups in total. The molecule has 1 aromatic heterocycles. The van der Waals surface area contributed by atoms with E-state index in [2.05, 4.69) is 25.5 Å². The number of rotatable bonds is 5. The van der Waals surface area contributed by atoms with Crippen molar-refractivity contribution < 1.29 is 14.3 Å². The second-order valence-corrected chi connectivity index (χ2v) is 5.75. The van der Waals surface area contributed by atoms with Gasteiger partial charge in [-0.05, 0) is 24.6 Å². The van der Waals surface area contributed by atoms with Crippen LogP contribution in [-0.2, 0) is 4.74 Å². The quantitative estimate of drug-likeness (QED) is 0.414. The third-order valence-electron chi connectivity index (χ3n) is 4.00. The fraction of sp³-hybridized carbons (Fsp3) is 0.100. The molecule has 0 aliphatic heterocycles. The molecular weight excluding hydrogens is 344 g/mol. The number of nitrogens with one attached hydrogen (secondary N) is 2. The van der Waals surface area contributed by atoms with E-state index >= 15 is 0 Å². The Balaban J connectivity index is 1.67. The Morgan fingerprint density at radius 1 is 1.11 bits per heavy atom. The monoisotopic (exact) mass is 362 g/mol. The van der Waals surface area contributed by atoms with Crippen LogP contribution in [0.2, 0.25) is 0 Å².